The molecule has 1 aromatic rings. The third kappa shape index (κ3) is 3.86. The predicted molar refractivity (Wildman–Crippen MR) is 84.2 cm³/mol. The van der Waals surface area contributed by atoms with Crippen LogP contribution >= 0.6 is 0 Å². The number of hydrogen-bond acceptors (Lipinski definition) is 4. The summed E-state index contributed by atoms with van der Waals surface area (Å²) in [6.07, 6.45) is 0. The normalized spacial score (nSPS) is 13.8. The summed E-state index contributed by atoms with van der Waals surface area (Å²) in [6.45, 7) is 7.22. The van der Waals surface area contributed by atoms with Gasteiger partial charge in [-0.3, -0.25) is 0 Å². The number of hydrogen-bond donors (Lipinski definition) is 2. The van der Waals surface area contributed by atoms with E-state index < -0.39 is 10.0 Å². The van der Waals surface area contributed by atoms with E-state index in [9.17, 15) is 8.42 Å². The summed E-state index contributed by atoms with van der Waals surface area (Å²) in [6, 6.07) is 4.75. The molecule has 0 aliphatic heterocycles. The first-order valence-corrected chi connectivity index (χ1v) is 8.16. The lowest BCUT2D eigenvalue weighted by Crippen LogP contribution is -2.22. The lowest BCUT2D eigenvalue weighted by atomic mass is 9.98. The molecule has 0 radical (unpaired) electrons. The van der Waals surface area contributed by atoms with Crippen LogP contribution in [0.2, 0.25) is 0 Å². The highest BCUT2D eigenvalue weighted by Crippen LogP contribution is 2.25. The standard InChI is InChI=1S/C14H25N3O2S/c1-10(2)11(3)9-16-14-8-12(6-7-13(14)15)20(18,19)17(4)5/h6-8,10-11,16H,9,15H2,1-5H3. The fourth-order valence-electron chi connectivity index (χ4n) is 1.57. The number of anilines is 2. The largest absolute Gasteiger partial charge is 0.397 e. The predicted octanol–water partition coefficient (Wildman–Crippen LogP) is 2.22. The first-order valence-electron chi connectivity index (χ1n) is 6.72. The maximum Gasteiger partial charge on any atom is 0.242 e. The molecule has 0 saturated carbocycles. The van der Waals surface area contributed by atoms with Crippen molar-refractivity contribution in [2.24, 2.45) is 11.8 Å². The zero-order valence-corrected chi connectivity index (χ0v) is 13.7. The Morgan fingerprint density at radius 1 is 1.25 bits per heavy atom. The van der Waals surface area contributed by atoms with Crippen LogP contribution in [0, 0.1) is 11.8 Å². The summed E-state index contributed by atoms with van der Waals surface area (Å²) in [5.74, 6) is 1.03. The van der Waals surface area contributed by atoms with E-state index >= 15 is 0 Å². The Bertz CT molecular complexity index is 554. The number of benzene rings is 1. The second-order valence-corrected chi connectivity index (χ2v) is 7.79. The molecule has 1 unspecified atom stereocenters. The summed E-state index contributed by atoms with van der Waals surface area (Å²) in [7, 11) is -0.406. The van der Waals surface area contributed by atoms with E-state index in [1.54, 1.807) is 12.1 Å². The number of nitrogens with one attached hydrogen (secondary N) is 1. The Balaban J connectivity index is 2.99. The lowest BCUT2D eigenvalue weighted by Gasteiger charge is -2.19. The lowest BCUT2D eigenvalue weighted by molar-refractivity contribution is 0.440. The van der Waals surface area contributed by atoms with Gasteiger partial charge in [0.1, 0.15) is 0 Å². The van der Waals surface area contributed by atoms with Gasteiger partial charge in [0.05, 0.1) is 16.3 Å². The number of rotatable bonds is 6. The Hall–Kier alpha value is -1.27. The van der Waals surface area contributed by atoms with Gasteiger partial charge in [-0.2, -0.15) is 0 Å². The Morgan fingerprint density at radius 2 is 1.85 bits per heavy atom. The third-order valence-electron chi connectivity index (χ3n) is 3.56. The summed E-state index contributed by atoms with van der Waals surface area (Å²) in [5, 5.41) is 3.24. The van der Waals surface area contributed by atoms with Crippen molar-refractivity contribution in [3.63, 3.8) is 0 Å². The zero-order chi connectivity index (χ0) is 15.5. The average molecular weight is 299 g/mol. The molecule has 0 aliphatic carbocycles. The first kappa shape index (κ1) is 16.8. The van der Waals surface area contributed by atoms with Crippen LogP contribution in [-0.4, -0.2) is 33.4 Å². The fourth-order valence-corrected chi connectivity index (χ4v) is 2.49. The molecule has 20 heavy (non-hydrogen) atoms. The highest BCUT2D eigenvalue weighted by atomic mass is 32.2. The zero-order valence-electron chi connectivity index (χ0n) is 12.8. The number of sulfonamides is 1. The van der Waals surface area contributed by atoms with E-state index in [0.717, 1.165) is 6.54 Å². The van der Waals surface area contributed by atoms with Gasteiger partial charge >= 0.3 is 0 Å². The van der Waals surface area contributed by atoms with Gasteiger partial charge in [0.2, 0.25) is 10.0 Å². The van der Waals surface area contributed by atoms with E-state index in [2.05, 4.69) is 26.1 Å². The van der Waals surface area contributed by atoms with Crippen molar-refractivity contribution in [2.75, 3.05) is 31.7 Å². The molecule has 1 rings (SSSR count). The molecule has 0 amide bonds. The SMILES string of the molecule is CC(C)C(C)CNc1cc(S(=O)(=O)N(C)C)ccc1N. The smallest absolute Gasteiger partial charge is 0.242 e. The minimum atomic E-state index is -3.43. The molecule has 0 aromatic heterocycles. The van der Waals surface area contributed by atoms with E-state index in [1.165, 1.54) is 24.5 Å². The van der Waals surface area contributed by atoms with Crippen LogP contribution in [0.25, 0.3) is 0 Å². The third-order valence-corrected chi connectivity index (χ3v) is 5.37. The number of nitrogen functional groups attached to an aromatic ring is 1. The van der Waals surface area contributed by atoms with Crippen molar-refractivity contribution in [3.05, 3.63) is 18.2 Å². The molecular weight excluding hydrogens is 274 g/mol. The van der Waals surface area contributed by atoms with Crippen LogP contribution in [0.5, 0.6) is 0 Å². The van der Waals surface area contributed by atoms with Gasteiger partial charge in [-0.15, -0.1) is 0 Å². The molecule has 1 aromatic carbocycles. The van der Waals surface area contributed by atoms with Crippen LogP contribution in [0.4, 0.5) is 11.4 Å². The van der Waals surface area contributed by atoms with Crippen LogP contribution in [0.1, 0.15) is 20.8 Å². The maximum atomic E-state index is 12.1. The molecule has 1 atom stereocenters. The summed E-state index contributed by atoms with van der Waals surface area (Å²) in [5.41, 5.74) is 7.12. The Morgan fingerprint density at radius 3 is 2.35 bits per heavy atom. The molecule has 0 bridgehead atoms. The van der Waals surface area contributed by atoms with Gasteiger partial charge in [0, 0.05) is 20.6 Å². The van der Waals surface area contributed by atoms with Gasteiger partial charge < -0.3 is 11.1 Å². The van der Waals surface area contributed by atoms with Gasteiger partial charge in [-0.1, -0.05) is 20.8 Å². The van der Waals surface area contributed by atoms with Crippen molar-refractivity contribution in [3.8, 4) is 0 Å². The minimum Gasteiger partial charge on any atom is -0.397 e. The van der Waals surface area contributed by atoms with Crippen molar-refractivity contribution < 1.29 is 8.42 Å². The number of nitrogens with zero attached hydrogens (tertiary/aromatic N) is 1. The van der Waals surface area contributed by atoms with Crippen LogP contribution < -0.4 is 11.1 Å². The summed E-state index contributed by atoms with van der Waals surface area (Å²) < 4.78 is 25.4. The van der Waals surface area contributed by atoms with Crippen LogP contribution in [0.3, 0.4) is 0 Å². The molecule has 0 saturated heterocycles. The van der Waals surface area contributed by atoms with Gasteiger partial charge in [0.25, 0.3) is 0 Å². The Labute approximate surface area is 122 Å². The molecule has 6 heteroatoms. The molecular formula is C14H25N3O2S. The van der Waals surface area contributed by atoms with Crippen molar-refractivity contribution in [1.29, 1.82) is 0 Å². The maximum absolute atomic E-state index is 12.1. The molecule has 0 aliphatic rings. The second-order valence-electron chi connectivity index (χ2n) is 5.64. The first-order chi connectivity index (χ1) is 9.16. The van der Waals surface area contributed by atoms with E-state index in [1.807, 2.05) is 0 Å². The molecule has 0 heterocycles. The Kier molecular flexibility index (Phi) is 5.42. The van der Waals surface area contributed by atoms with Crippen LogP contribution in [-0.2, 0) is 10.0 Å². The quantitative estimate of drug-likeness (QED) is 0.790. The average Bonchev–Trinajstić information content (AvgIpc) is 2.36. The van der Waals surface area contributed by atoms with E-state index in [0.29, 0.717) is 23.2 Å². The summed E-state index contributed by atoms with van der Waals surface area (Å²) in [4.78, 5) is 0.247. The summed E-state index contributed by atoms with van der Waals surface area (Å²) >= 11 is 0. The monoisotopic (exact) mass is 299 g/mol. The van der Waals surface area contributed by atoms with Crippen molar-refractivity contribution in [2.45, 2.75) is 25.7 Å². The minimum absolute atomic E-state index is 0.247. The van der Waals surface area contributed by atoms with Crippen LogP contribution in [0.15, 0.2) is 23.1 Å². The number of nitrogens with two attached hydrogens (primary N) is 1. The fraction of sp³-hybridized carbons (Fsp3) is 0.571. The van der Waals surface area contributed by atoms with Crippen molar-refractivity contribution in [1.82, 2.24) is 4.31 Å². The van der Waals surface area contributed by atoms with Gasteiger partial charge in [0.15, 0.2) is 0 Å². The molecule has 0 spiro atoms. The topological polar surface area (TPSA) is 75.4 Å². The van der Waals surface area contributed by atoms with E-state index in [-0.39, 0.29) is 4.90 Å². The van der Waals surface area contributed by atoms with Gasteiger partial charge in [-0.25, -0.2) is 12.7 Å². The highest BCUT2D eigenvalue weighted by molar-refractivity contribution is 7.89. The van der Waals surface area contributed by atoms with E-state index in [4.69, 9.17) is 5.73 Å². The second kappa shape index (κ2) is 6.45. The van der Waals surface area contributed by atoms with Crippen molar-refractivity contribution >= 4 is 21.4 Å². The molecule has 3 N–H and O–H groups in total. The molecule has 114 valence electrons. The van der Waals surface area contributed by atoms with Gasteiger partial charge in [-0.05, 0) is 30.0 Å². The molecule has 0 fully saturated rings. The molecule has 5 nitrogen and oxygen atoms in total. The highest BCUT2D eigenvalue weighted by Gasteiger charge is 2.18.